The first-order valence-corrected chi connectivity index (χ1v) is 5.86. The number of aromatic amines is 1. The molecule has 0 aliphatic carbocycles. The molecule has 1 amide bonds. The molecule has 0 saturated carbocycles. The Morgan fingerprint density at radius 1 is 1.22 bits per heavy atom. The van der Waals surface area contributed by atoms with Crippen molar-refractivity contribution < 1.29 is 9.53 Å². The molecule has 0 aliphatic heterocycles. The Hall–Kier alpha value is -2.23. The van der Waals surface area contributed by atoms with Gasteiger partial charge < -0.3 is 15.0 Å². The molecule has 0 spiro atoms. The van der Waals surface area contributed by atoms with Crippen LogP contribution >= 0.6 is 0 Å². The number of H-pyrrole nitrogens is 1. The summed E-state index contributed by atoms with van der Waals surface area (Å²) in [7, 11) is 0. The van der Waals surface area contributed by atoms with Gasteiger partial charge in [0, 0.05) is 18.1 Å². The van der Waals surface area contributed by atoms with Gasteiger partial charge in [-0.2, -0.15) is 0 Å². The molecular formula is C14H16N2O2. The number of hydrogen-bond donors (Lipinski definition) is 2. The minimum Gasteiger partial charge on any atom is -0.491 e. The van der Waals surface area contributed by atoms with Gasteiger partial charge in [0.25, 0.3) is 5.91 Å². The molecule has 1 heterocycles. The van der Waals surface area contributed by atoms with Gasteiger partial charge in [0.1, 0.15) is 5.75 Å². The van der Waals surface area contributed by atoms with Crippen LogP contribution in [0.4, 0.5) is 5.69 Å². The van der Waals surface area contributed by atoms with Crippen molar-refractivity contribution in [1.29, 1.82) is 0 Å². The van der Waals surface area contributed by atoms with E-state index in [1.807, 2.05) is 38.1 Å². The van der Waals surface area contributed by atoms with Crippen molar-refractivity contribution in [2.45, 2.75) is 20.0 Å². The van der Waals surface area contributed by atoms with E-state index in [4.69, 9.17) is 4.74 Å². The second kappa shape index (κ2) is 5.40. The van der Waals surface area contributed by atoms with Gasteiger partial charge in [-0.05, 0) is 44.2 Å². The van der Waals surface area contributed by atoms with Crippen LogP contribution in [-0.4, -0.2) is 17.0 Å². The van der Waals surface area contributed by atoms with Crippen LogP contribution in [0.2, 0.25) is 0 Å². The third-order valence-electron chi connectivity index (χ3n) is 2.34. The van der Waals surface area contributed by atoms with E-state index in [0.717, 1.165) is 11.4 Å². The summed E-state index contributed by atoms with van der Waals surface area (Å²) in [5.74, 6) is 0.665. The Bertz CT molecular complexity index is 501. The Morgan fingerprint density at radius 3 is 2.50 bits per heavy atom. The molecule has 0 aliphatic rings. The van der Waals surface area contributed by atoms with E-state index < -0.39 is 0 Å². The molecule has 94 valence electrons. The fraction of sp³-hybridized carbons (Fsp3) is 0.214. The van der Waals surface area contributed by atoms with Crippen molar-refractivity contribution in [1.82, 2.24) is 4.98 Å². The summed E-state index contributed by atoms with van der Waals surface area (Å²) in [4.78, 5) is 14.6. The number of hydrogen-bond acceptors (Lipinski definition) is 2. The quantitative estimate of drug-likeness (QED) is 0.868. The van der Waals surface area contributed by atoms with Gasteiger partial charge in [-0.3, -0.25) is 4.79 Å². The molecule has 1 aromatic heterocycles. The standard InChI is InChI=1S/C14H16N2O2/c1-10(2)18-13-5-3-12(4-6-13)16-14(17)11-7-8-15-9-11/h3-10,15H,1-2H3,(H,16,17). The molecule has 0 atom stereocenters. The Kier molecular flexibility index (Phi) is 3.67. The predicted molar refractivity (Wildman–Crippen MR) is 71.0 cm³/mol. The van der Waals surface area contributed by atoms with E-state index in [-0.39, 0.29) is 12.0 Å². The van der Waals surface area contributed by atoms with Crippen molar-refractivity contribution in [2.75, 3.05) is 5.32 Å². The summed E-state index contributed by atoms with van der Waals surface area (Å²) in [6.07, 6.45) is 3.52. The first-order chi connectivity index (χ1) is 8.65. The van der Waals surface area contributed by atoms with Crippen molar-refractivity contribution in [3.63, 3.8) is 0 Å². The van der Waals surface area contributed by atoms with E-state index in [2.05, 4.69) is 10.3 Å². The number of benzene rings is 1. The lowest BCUT2D eigenvalue weighted by atomic mass is 10.2. The van der Waals surface area contributed by atoms with E-state index in [1.165, 1.54) is 0 Å². The molecule has 0 unspecified atom stereocenters. The third kappa shape index (κ3) is 3.13. The first-order valence-electron chi connectivity index (χ1n) is 5.86. The van der Waals surface area contributed by atoms with Crippen LogP contribution < -0.4 is 10.1 Å². The molecule has 1 aromatic carbocycles. The zero-order valence-electron chi connectivity index (χ0n) is 10.4. The highest BCUT2D eigenvalue weighted by atomic mass is 16.5. The van der Waals surface area contributed by atoms with Crippen LogP contribution in [0.15, 0.2) is 42.7 Å². The van der Waals surface area contributed by atoms with Crippen molar-refractivity contribution in [2.24, 2.45) is 0 Å². The average Bonchev–Trinajstić information content (AvgIpc) is 2.84. The number of nitrogens with one attached hydrogen (secondary N) is 2. The fourth-order valence-electron chi connectivity index (χ4n) is 1.56. The molecule has 0 saturated heterocycles. The molecular weight excluding hydrogens is 228 g/mol. The van der Waals surface area contributed by atoms with E-state index in [0.29, 0.717) is 5.56 Å². The largest absolute Gasteiger partial charge is 0.491 e. The van der Waals surface area contributed by atoms with Crippen LogP contribution in [0, 0.1) is 0 Å². The van der Waals surface area contributed by atoms with Crippen molar-refractivity contribution >= 4 is 11.6 Å². The maximum atomic E-state index is 11.8. The molecule has 18 heavy (non-hydrogen) atoms. The number of carbonyl (C=O) groups excluding carboxylic acids is 1. The van der Waals surface area contributed by atoms with Gasteiger partial charge in [0.2, 0.25) is 0 Å². The Labute approximate surface area is 106 Å². The van der Waals surface area contributed by atoms with Gasteiger partial charge in [0.05, 0.1) is 11.7 Å². The fourth-order valence-corrected chi connectivity index (χ4v) is 1.56. The third-order valence-corrected chi connectivity index (χ3v) is 2.34. The number of amides is 1. The number of aromatic nitrogens is 1. The van der Waals surface area contributed by atoms with Crippen LogP contribution in [0.3, 0.4) is 0 Å². The molecule has 4 nitrogen and oxygen atoms in total. The van der Waals surface area contributed by atoms with Crippen LogP contribution in [0.25, 0.3) is 0 Å². The Balaban J connectivity index is 2.00. The van der Waals surface area contributed by atoms with E-state index in [9.17, 15) is 4.79 Å². The number of anilines is 1. The topological polar surface area (TPSA) is 54.1 Å². The molecule has 2 aromatic rings. The maximum Gasteiger partial charge on any atom is 0.257 e. The van der Waals surface area contributed by atoms with Gasteiger partial charge in [-0.1, -0.05) is 0 Å². The lowest BCUT2D eigenvalue weighted by Crippen LogP contribution is -2.11. The molecule has 0 bridgehead atoms. The normalized spacial score (nSPS) is 10.4. The SMILES string of the molecule is CC(C)Oc1ccc(NC(=O)c2cc[nH]c2)cc1. The highest BCUT2D eigenvalue weighted by molar-refractivity contribution is 6.04. The van der Waals surface area contributed by atoms with Gasteiger partial charge >= 0.3 is 0 Å². The summed E-state index contributed by atoms with van der Waals surface area (Å²) in [5.41, 5.74) is 1.36. The minimum absolute atomic E-state index is 0.131. The van der Waals surface area contributed by atoms with Gasteiger partial charge in [-0.15, -0.1) is 0 Å². The minimum atomic E-state index is -0.131. The second-order valence-corrected chi connectivity index (χ2v) is 4.24. The molecule has 0 radical (unpaired) electrons. The molecule has 0 fully saturated rings. The zero-order valence-corrected chi connectivity index (χ0v) is 10.4. The average molecular weight is 244 g/mol. The number of ether oxygens (including phenoxy) is 1. The highest BCUT2D eigenvalue weighted by Crippen LogP contribution is 2.17. The maximum absolute atomic E-state index is 11.8. The summed E-state index contributed by atoms with van der Waals surface area (Å²) in [6, 6.07) is 9.05. The number of rotatable bonds is 4. The lowest BCUT2D eigenvalue weighted by molar-refractivity contribution is 0.102. The van der Waals surface area contributed by atoms with Crippen LogP contribution in [-0.2, 0) is 0 Å². The summed E-state index contributed by atoms with van der Waals surface area (Å²) < 4.78 is 5.53. The smallest absolute Gasteiger partial charge is 0.257 e. The van der Waals surface area contributed by atoms with E-state index in [1.54, 1.807) is 18.5 Å². The molecule has 4 heteroatoms. The lowest BCUT2D eigenvalue weighted by Gasteiger charge is -2.10. The first kappa shape index (κ1) is 12.2. The van der Waals surface area contributed by atoms with Crippen molar-refractivity contribution in [3.8, 4) is 5.75 Å². The summed E-state index contributed by atoms with van der Waals surface area (Å²) in [5, 5.41) is 2.81. The van der Waals surface area contributed by atoms with Gasteiger partial charge in [0.15, 0.2) is 0 Å². The highest BCUT2D eigenvalue weighted by Gasteiger charge is 2.06. The molecule has 2 rings (SSSR count). The summed E-state index contributed by atoms with van der Waals surface area (Å²) in [6.45, 7) is 3.95. The van der Waals surface area contributed by atoms with Gasteiger partial charge in [-0.25, -0.2) is 0 Å². The Morgan fingerprint density at radius 2 is 1.94 bits per heavy atom. The monoisotopic (exact) mass is 244 g/mol. The summed E-state index contributed by atoms with van der Waals surface area (Å²) >= 11 is 0. The number of carbonyl (C=O) groups is 1. The van der Waals surface area contributed by atoms with Crippen molar-refractivity contribution in [3.05, 3.63) is 48.3 Å². The van der Waals surface area contributed by atoms with E-state index >= 15 is 0 Å². The zero-order chi connectivity index (χ0) is 13.0. The molecule has 2 N–H and O–H groups in total. The predicted octanol–water partition coefficient (Wildman–Crippen LogP) is 3.05. The van der Waals surface area contributed by atoms with Crippen LogP contribution in [0.5, 0.6) is 5.75 Å². The second-order valence-electron chi connectivity index (χ2n) is 4.24. The van der Waals surface area contributed by atoms with Crippen LogP contribution in [0.1, 0.15) is 24.2 Å².